The van der Waals surface area contributed by atoms with E-state index in [9.17, 15) is 18.0 Å². The normalized spacial score (nSPS) is 19.3. The van der Waals surface area contributed by atoms with Crippen molar-refractivity contribution >= 4 is 33.2 Å². The third-order valence-electron chi connectivity index (χ3n) is 6.57. The Morgan fingerprint density at radius 2 is 1.88 bits per heavy atom. The van der Waals surface area contributed by atoms with Gasteiger partial charge in [0.2, 0.25) is 21.8 Å². The summed E-state index contributed by atoms with van der Waals surface area (Å²) in [6, 6.07) is 10.7. The first kappa shape index (κ1) is 23.4. The molecule has 2 aliphatic rings. The molecular formula is C25H31N3O4S. The van der Waals surface area contributed by atoms with Crippen molar-refractivity contribution in [3.05, 3.63) is 53.1 Å². The number of carbonyl (C=O) groups is 2. The van der Waals surface area contributed by atoms with Crippen molar-refractivity contribution in [3.63, 3.8) is 0 Å². The Morgan fingerprint density at radius 1 is 1.09 bits per heavy atom. The van der Waals surface area contributed by atoms with E-state index in [4.69, 9.17) is 0 Å². The van der Waals surface area contributed by atoms with E-state index in [2.05, 4.69) is 5.32 Å². The number of hydrogen-bond acceptors (Lipinski definition) is 4. The number of piperidine rings is 1. The van der Waals surface area contributed by atoms with Crippen LogP contribution in [0.4, 0.5) is 11.4 Å². The van der Waals surface area contributed by atoms with Crippen molar-refractivity contribution < 1.29 is 18.0 Å². The molecule has 1 saturated heterocycles. The molecule has 2 aromatic carbocycles. The molecule has 2 aromatic rings. The molecule has 2 amide bonds. The van der Waals surface area contributed by atoms with Gasteiger partial charge in [-0.2, -0.15) is 4.31 Å². The highest BCUT2D eigenvalue weighted by Crippen LogP contribution is 2.32. The molecule has 176 valence electrons. The summed E-state index contributed by atoms with van der Waals surface area (Å²) >= 11 is 0. The summed E-state index contributed by atoms with van der Waals surface area (Å²) in [5.41, 5.74) is 4.09. The molecule has 0 radical (unpaired) electrons. The van der Waals surface area contributed by atoms with Crippen LogP contribution in [0.15, 0.2) is 41.3 Å². The van der Waals surface area contributed by atoms with E-state index in [1.54, 1.807) is 22.5 Å². The fourth-order valence-electron chi connectivity index (χ4n) is 4.64. The van der Waals surface area contributed by atoms with Gasteiger partial charge >= 0.3 is 0 Å². The number of aryl methyl sites for hydroxylation is 3. The molecule has 0 aliphatic carbocycles. The van der Waals surface area contributed by atoms with Crippen molar-refractivity contribution in [2.24, 2.45) is 0 Å². The van der Waals surface area contributed by atoms with Crippen LogP contribution in [0.1, 0.15) is 49.3 Å². The third kappa shape index (κ3) is 4.82. The first-order chi connectivity index (χ1) is 15.7. The van der Waals surface area contributed by atoms with E-state index in [1.165, 1.54) is 4.90 Å². The van der Waals surface area contributed by atoms with E-state index >= 15 is 0 Å². The van der Waals surface area contributed by atoms with Gasteiger partial charge in [-0.25, -0.2) is 8.42 Å². The van der Waals surface area contributed by atoms with Crippen molar-refractivity contribution in [2.75, 3.05) is 23.3 Å². The fraction of sp³-hybridized carbons (Fsp3) is 0.440. The van der Waals surface area contributed by atoms with Gasteiger partial charge in [0.05, 0.1) is 4.90 Å². The van der Waals surface area contributed by atoms with E-state index in [0.717, 1.165) is 41.6 Å². The lowest BCUT2D eigenvalue weighted by atomic mass is 10.0. The molecular weight excluding hydrogens is 438 g/mol. The highest BCUT2D eigenvalue weighted by Gasteiger charge is 2.33. The van der Waals surface area contributed by atoms with Crippen LogP contribution in [0.25, 0.3) is 0 Å². The predicted molar refractivity (Wildman–Crippen MR) is 129 cm³/mol. The molecule has 1 N–H and O–H groups in total. The van der Waals surface area contributed by atoms with E-state index in [1.807, 2.05) is 39.0 Å². The Morgan fingerprint density at radius 3 is 2.64 bits per heavy atom. The predicted octanol–water partition coefficient (Wildman–Crippen LogP) is 3.78. The van der Waals surface area contributed by atoms with Crippen LogP contribution < -0.4 is 10.2 Å². The SMILES string of the molecule is Cc1ccc(C)c(NC(=O)CN2C(=O)CCc3cc(S(=O)(=O)N4CCCC[C@@H]4C)ccc32)c1. The zero-order valence-corrected chi connectivity index (χ0v) is 20.2. The smallest absolute Gasteiger partial charge is 0.244 e. The van der Waals surface area contributed by atoms with E-state index < -0.39 is 10.0 Å². The second-order valence-corrected chi connectivity index (χ2v) is 11.0. The maximum atomic E-state index is 13.3. The number of amides is 2. The molecule has 33 heavy (non-hydrogen) atoms. The summed E-state index contributed by atoms with van der Waals surface area (Å²) in [5.74, 6) is -0.428. The Labute approximate surface area is 195 Å². The van der Waals surface area contributed by atoms with Gasteiger partial charge in [-0.15, -0.1) is 0 Å². The Hall–Kier alpha value is -2.71. The average molecular weight is 470 g/mol. The Balaban J connectivity index is 1.56. The molecule has 1 fully saturated rings. The molecule has 0 aromatic heterocycles. The van der Waals surface area contributed by atoms with Gasteiger partial charge in [-0.05, 0) is 81.0 Å². The van der Waals surface area contributed by atoms with Crippen LogP contribution in [0.3, 0.4) is 0 Å². The summed E-state index contributed by atoms with van der Waals surface area (Å²) in [6.07, 6.45) is 3.47. The molecule has 7 nitrogen and oxygen atoms in total. The van der Waals surface area contributed by atoms with Gasteiger partial charge in [0.15, 0.2) is 0 Å². The van der Waals surface area contributed by atoms with Crippen LogP contribution in [-0.4, -0.2) is 43.7 Å². The Bertz CT molecular complexity index is 1190. The molecule has 8 heteroatoms. The van der Waals surface area contributed by atoms with Crippen LogP contribution in [0.2, 0.25) is 0 Å². The average Bonchev–Trinajstić information content (AvgIpc) is 2.78. The van der Waals surface area contributed by atoms with E-state index in [0.29, 0.717) is 18.7 Å². The van der Waals surface area contributed by atoms with Gasteiger partial charge in [0, 0.05) is 30.4 Å². The van der Waals surface area contributed by atoms with Crippen molar-refractivity contribution in [2.45, 2.75) is 63.8 Å². The van der Waals surface area contributed by atoms with Crippen LogP contribution in [-0.2, 0) is 26.0 Å². The number of nitrogens with one attached hydrogen (secondary N) is 1. The fourth-order valence-corrected chi connectivity index (χ4v) is 6.39. The van der Waals surface area contributed by atoms with Gasteiger partial charge in [-0.3, -0.25) is 9.59 Å². The first-order valence-electron chi connectivity index (χ1n) is 11.5. The summed E-state index contributed by atoms with van der Waals surface area (Å²) in [4.78, 5) is 27.1. The van der Waals surface area contributed by atoms with Crippen molar-refractivity contribution in [3.8, 4) is 0 Å². The summed E-state index contributed by atoms with van der Waals surface area (Å²) in [7, 11) is -3.60. The summed E-state index contributed by atoms with van der Waals surface area (Å²) < 4.78 is 28.1. The van der Waals surface area contributed by atoms with Crippen LogP contribution in [0.5, 0.6) is 0 Å². The lowest BCUT2D eigenvalue weighted by molar-refractivity contribution is -0.121. The summed E-state index contributed by atoms with van der Waals surface area (Å²) in [6.45, 7) is 6.24. The standard InChI is InChI=1S/C25H31N3O4S/c1-17-7-8-18(2)22(14-17)26-24(29)16-27-23-11-10-21(15-20(23)9-12-25(27)30)33(31,32)28-13-5-4-6-19(28)3/h7-8,10-11,14-15,19H,4-6,9,12-13,16H2,1-3H3,(H,26,29)/t19-/m0/s1. The molecule has 4 rings (SSSR count). The zero-order valence-electron chi connectivity index (χ0n) is 19.4. The van der Waals surface area contributed by atoms with Gasteiger partial charge in [0.25, 0.3) is 0 Å². The number of sulfonamides is 1. The lowest BCUT2D eigenvalue weighted by Crippen LogP contribution is -2.42. The molecule has 2 heterocycles. The quantitative estimate of drug-likeness (QED) is 0.722. The minimum atomic E-state index is -3.60. The monoisotopic (exact) mass is 469 g/mol. The number of anilines is 2. The first-order valence-corrected chi connectivity index (χ1v) is 12.9. The number of rotatable bonds is 5. The molecule has 1 atom stereocenters. The van der Waals surface area contributed by atoms with Crippen molar-refractivity contribution in [1.29, 1.82) is 0 Å². The van der Waals surface area contributed by atoms with Gasteiger partial charge in [0.1, 0.15) is 6.54 Å². The number of nitrogens with zero attached hydrogens (tertiary/aromatic N) is 2. The highest BCUT2D eigenvalue weighted by molar-refractivity contribution is 7.89. The van der Waals surface area contributed by atoms with Crippen LogP contribution >= 0.6 is 0 Å². The van der Waals surface area contributed by atoms with Gasteiger partial charge in [-0.1, -0.05) is 18.6 Å². The molecule has 0 spiro atoms. The maximum absolute atomic E-state index is 13.3. The lowest BCUT2D eigenvalue weighted by Gasteiger charge is -2.33. The highest BCUT2D eigenvalue weighted by atomic mass is 32.2. The number of hydrogen-bond donors (Lipinski definition) is 1. The molecule has 2 aliphatic heterocycles. The largest absolute Gasteiger partial charge is 0.324 e. The molecule has 0 saturated carbocycles. The van der Waals surface area contributed by atoms with Gasteiger partial charge < -0.3 is 10.2 Å². The van der Waals surface area contributed by atoms with E-state index in [-0.39, 0.29) is 35.7 Å². The minimum absolute atomic E-state index is 0.0216. The zero-order chi connectivity index (χ0) is 23.8. The number of benzene rings is 2. The Kier molecular flexibility index (Phi) is 6.59. The summed E-state index contributed by atoms with van der Waals surface area (Å²) in [5, 5.41) is 2.90. The third-order valence-corrected chi connectivity index (χ3v) is 8.58. The topological polar surface area (TPSA) is 86.8 Å². The van der Waals surface area contributed by atoms with Crippen molar-refractivity contribution in [1.82, 2.24) is 4.31 Å². The second kappa shape index (κ2) is 9.27. The van der Waals surface area contributed by atoms with Crippen LogP contribution in [0, 0.1) is 13.8 Å². The second-order valence-electron chi connectivity index (χ2n) is 9.10. The maximum Gasteiger partial charge on any atom is 0.244 e. The number of carbonyl (C=O) groups excluding carboxylic acids is 2. The minimum Gasteiger partial charge on any atom is -0.324 e. The number of fused-ring (bicyclic) bond motifs is 1. The molecule has 0 bridgehead atoms. The molecule has 0 unspecified atom stereocenters.